The number of rotatable bonds is 4. The molecule has 0 aromatic heterocycles. The molecule has 0 saturated heterocycles. The lowest BCUT2D eigenvalue weighted by Crippen LogP contribution is -2.21. The van der Waals surface area contributed by atoms with Crippen molar-refractivity contribution in [2.45, 2.75) is 37.2 Å². The number of carbonyl (C=O) groups excluding carboxylic acids is 1. The van der Waals surface area contributed by atoms with Gasteiger partial charge in [-0.15, -0.1) is 0 Å². The Morgan fingerprint density at radius 1 is 1.22 bits per heavy atom. The summed E-state index contributed by atoms with van der Waals surface area (Å²) >= 11 is 4.68. The quantitative estimate of drug-likeness (QED) is 0.612. The molecule has 1 saturated carbocycles. The Morgan fingerprint density at radius 3 is 2.28 bits per heavy atom. The second kappa shape index (κ2) is 5.22. The van der Waals surface area contributed by atoms with E-state index in [0.717, 1.165) is 25.7 Å². The Kier molecular flexibility index (Phi) is 3.85. The van der Waals surface area contributed by atoms with Crippen LogP contribution in [0.2, 0.25) is 0 Å². The fourth-order valence-electron chi connectivity index (χ4n) is 2.05. The Bertz CT molecular complexity index is 420. The first-order valence-corrected chi connectivity index (χ1v) is 6.23. The number of alkyl halides is 3. The van der Waals surface area contributed by atoms with E-state index in [-0.39, 0.29) is 11.7 Å². The molecular formula is C13H13ClF2O2. The summed E-state index contributed by atoms with van der Waals surface area (Å²) in [5.74, 6) is -0.798. The monoisotopic (exact) mass is 274 g/mol. The van der Waals surface area contributed by atoms with Gasteiger partial charge in [0.25, 0.3) is 0 Å². The predicted molar refractivity (Wildman–Crippen MR) is 64.5 cm³/mol. The van der Waals surface area contributed by atoms with Crippen molar-refractivity contribution in [1.29, 1.82) is 0 Å². The second-order valence-electron chi connectivity index (χ2n) is 4.38. The first kappa shape index (κ1) is 13.3. The summed E-state index contributed by atoms with van der Waals surface area (Å²) in [6.45, 7) is 0. The largest absolute Gasteiger partial charge is 0.490 e. The standard InChI is InChI=1S/C13H13ClF2O2/c14-13(15,16)12(17)9-5-7-11(8-6-9)18-10-3-1-2-4-10/h5-8,10H,1-4H2. The van der Waals surface area contributed by atoms with E-state index in [0.29, 0.717) is 5.75 Å². The lowest BCUT2D eigenvalue weighted by molar-refractivity contribution is 0.0536. The van der Waals surface area contributed by atoms with Gasteiger partial charge in [-0.05, 0) is 61.5 Å². The zero-order chi connectivity index (χ0) is 13.2. The summed E-state index contributed by atoms with van der Waals surface area (Å²) in [7, 11) is 0. The van der Waals surface area contributed by atoms with Crippen molar-refractivity contribution >= 4 is 17.4 Å². The molecule has 5 heteroatoms. The lowest BCUT2D eigenvalue weighted by Gasteiger charge is -2.13. The van der Waals surface area contributed by atoms with E-state index in [2.05, 4.69) is 11.6 Å². The molecular weight excluding hydrogens is 262 g/mol. The highest BCUT2D eigenvalue weighted by molar-refractivity contribution is 6.35. The molecule has 1 fully saturated rings. The number of halogens is 3. The minimum absolute atomic E-state index is 0.117. The van der Waals surface area contributed by atoms with Crippen LogP contribution in [0.3, 0.4) is 0 Å². The van der Waals surface area contributed by atoms with Crippen molar-refractivity contribution in [1.82, 2.24) is 0 Å². The number of ether oxygens (including phenoxy) is 1. The van der Waals surface area contributed by atoms with Crippen molar-refractivity contribution in [3.63, 3.8) is 0 Å². The van der Waals surface area contributed by atoms with Gasteiger partial charge < -0.3 is 4.74 Å². The van der Waals surface area contributed by atoms with Crippen molar-refractivity contribution in [2.75, 3.05) is 0 Å². The van der Waals surface area contributed by atoms with E-state index in [9.17, 15) is 13.6 Å². The molecule has 1 aromatic rings. The minimum atomic E-state index is -3.85. The molecule has 0 aliphatic heterocycles. The molecule has 0 amide bonds. The molecule has 98 valence electrons. The van der Waals surface area contributed by atoms with E-state index in [1.165, 1.54) is 24.3 Å². The van der Waals surface area contributed by atoms with Crippen molar-refractivity contribution in [2.24, 2.45) is 0 Å². The second-order valence-corrected chi connectivity index (χ2v) is 4.85. The number of carbonyl (C=O) groups is 1. The molecule has 2 rings (SSSR count). The van der Waals surface area contributed by atoms with Gasteiger partial charge in [0, 0.05) is 5.56 Å². The van der Waals surface area contributed by atoms with Crippen LogP contribution >= 0.6 is 11.6 Å². The molecule has 0 heterocycles. The number of hydrogen-bond acceptors (Lipinski definition) is 2. The summed E-state index contributed by atoms with van der Waals surface area (Å²) in [6, 6.07) is 5.66. The van der Waals surface area contributed by atoms with Crippen LogP contribution < -0.4 is 4.74 Å². The first-order valence-electron chi connectivity index (χ1n) is 5.85. The Morgan fingerprint density at radius 2 is 1.78 bits per heavy atom. The summed E-state index contributed by atoms with van der Waals surface area (Å²) in [4.78, 5) is 11.2. The third-order valence-electron chi connectivity index (χ3n) is 2.98. The molecule has 1 aliphatic carbocycles. The molecule has 18 heavy (non-hydrogen) atoms. The average molecular weight is 275 g/mol. The Hall–Kier alpha value is -1.16. The van der Waals surface area contributed by atoms with Gasteiger partial charge in [-0.1, -0.05) is 0 Å². The highest BCUT2D eigenvalue weighted by Gasteiger charge is 2.36. The van der Waals surface area contributed by atoms with E-state index in [1.807, 2.05) is 0 Å². The normalized spacial score (nSPS) is 16.8. The van der Waals surface area contributed by atoms with Crippen LogP contribution in [0.5, 0.6) is 5.75 Å². The van der Waals surface area contributed by atoms with Gasteiger partial charge in [-0.25, -0.2) is 0 Å². The van der Waals surface area contributed by atoms with Gasteiger partial charge in [-0.3, -0.25) is 4.79 Å². The SMILES string of the molecule is O=C(c1ccc(OC2CCCC2)cc1)C(F)(F)Cl. The minimum Gasteiger partial charge on any atom is -0.490 e. The number of benzene rings is 1. The summed E-state index contributed by atoms with van der Waals surface area (Å²) < 4.78 is 30.9. The van der Waals surface area contributed by atoms with E-state index in [4.69, 9.17) is 4.74 Å². The van der Waals surface area contributed by atoms with Gasteiger partial charge in [0.1, 0.15) is 5.75 Å². The highest BCUT2D eigenvalue weighted by Crippen LogP contribution is 2.27. The zero-order valence-corrected chi connectivity index (χ0v) is 10.4. The van der Waals surface area contributed by atoms with Crippen LogP contribution in [0, 0.1) is 0 Å². The van der Waals surface area contributed by atoms with Crippen molar-refractivity contribution in [3.8, 4) is 5.75 Å². The smallest absolute Gasteiger partial charge is 0.384 e. The molecule has 0 atom stereocenters. The maximum absolute atomic E-state index is 12.6. The van der Waals surface area contributed by atoms with Gasteiger partial charge in [0.05, 0.1) is 6.10 Å². The highest BCUT2D eigenvalue weighted by atomic mass is 35.5. The third kappa shape index (κ3) is 3.19. The molecule has 1 aromatic carbocycles. The predicted octanol–water partition coefficient (Wildman–Crippen LogP) is 4.02. The number of hydrogen-bond donors (Lipinski definition) is 0. The van der Waals surface area contributed by atoms with Crippen LogP contribution in [0.25, 0.3) is 0 Å². The van der Waals surface area contributed by atoms with Crippen LogP contribution in [0.15, 0.2) is 24.3 Å². The fourth-order valence-corrected chi connectivity index (χ4v) is 2.16. The van der Waals surface area contributed by atoms with Gasteiger partial charge in [0.2, 0.25) is 5.78 Å². The summed E-state index contributed by atoms with van der Waals surface area (Å²) in [6.07, 6.45) is 4.53. The Balaban J connectivity index is 2.03. The number of ketones is 1. The lowest BCUT2D eigenvalue weighted by atomic mass is 10.1. The van der Waals surface area contributed by atoms with Crippen LogP contribution in [-0.2, 0) is 0 Å². The maximum atomic E-state index is 12.6. The van der Waals surface area contributed by atoms with E-state index >= 15 is 0 Å². The summed E-state index contributed by atoms with van der Waals surface area (Å²) in [5.41, 5.74) is -0.117. The number of Topliss-reactive ketones (excluding diaryl/α,β-unsaturated/α-hetero) is 1. The van der Waals surface area contributed by atoms with E-state index < -0.39 is 11.2 Å². The zero-order valence-electron chi connectivity index (χ0n) is 9.67. The van der Waals surface area contributed by atoms with Crippen molar-refractivity contribution in [3.05, 3.63) is 29.8 Å². The first-order chi connectivity index (χ1) is 8.47. The van der Waals surface area contributed by atoms with Gasteiger partial charge >= 0.3 is 5.38 Å². The fraction of sp³-hybridized carbons (Fsp3) is 0.462. The van der Waals surface area contributed by atoms with Crippen LogP contribution in [0.1, 0.15) is 36.0 Å². The molecule has 0 bridgehead atoms. The Labute approximate surface area is 109 Å². The molecule has 0 unspecified atom stereocenters. The molecule has 0 spiro atoms. The van der Waals surface area contributed by atoms with Gasteiger partial charge in [-0.2, -0.15) is 8.78 Å². The van der Waals surface area contributed by atoms with Crippen LogP contribution in [0.4, 0.5) is 8.78 Å². The maximum Gasteiger partial charge on any atom is 0.384 e. The third-order valence-corrected chi connectivity index (χ3v) is 3.15. The van der Waals surface area contributed by atoms with Crippen LogP contribution in [-0.4, -0.2) is 17.3 Å². The molecule has 1 aliphatic rings. The van der Waals surface area contributed by atoms with Gasteiger partial charge in [0.15, 0.2) is 0 Å². The summed E-state index contributed by atoms with van der Waals surface area (Å²) in [5, 5.41) is -3.85. The average Bonchev–Trinajstić information content (AvgIpc) is 2.81. The molecule has 2 nitrogen and oxygen atoms in total. The topological polar surface area (TPSA) is 26.3 Å². The molecule has 0 N–H and O–H groups in total. The van der Waals surface area contributed by atoms with E-state index in [1.54, 1.807) is 0 Å². The molecule has 0 radical (unpaired) electrons. The van der Waals surface area contributed by atoms with Crippen molar-refractivity contribution < 1.29 is 18.3 Å².